The third-order valence-corrected chi connectivity index (χ3v) is 2.82. The molecule has 0 spiro atoms. The van der Waals surface area contributed by atoms with E-state index < -0.39 is 18.0 Å². The van der Waals surface area contributed by atoms with Gasteiger partial charge < -0.3 is 14.8 Å². The quantitative estimate of drug-likeness (QED) is 0.836. The second kappa shape index (κ2) is 6.25. The fraction of sp³-hybridized carbons (Fsp3) is 0.538. The first-order valence-corrected chi connectivity index (χ1v) is 5.79. The van der Waals surface area contributed by atoms with Crippen molar-refractivity contribution in [2.75, 3.05) is 19.5 Å². The average Bonchev–Trinajstić information content (AvgIpc) is 2.32. The highest BCUT2D eigenvalue weighted by Gasteiger charge is 2.31. The van der Waals surface area contributed by atoms with E-state index in [1.165, 1.54) is 20.3 Å². The summed E-state index contributed by atoms with van der Waals surface area (Å²) in [4.78, 5) is 0. The number of alkyl halides is 3. The van der Waals surface area contributed by atoms with Crippen LogP contribution in [0.4, 0.5) is 18.9 Å². The van der Waals surface area contributed by atoms with Crippen LogP contribution in [0.1, 0.15) is 18.1 Å². The van der Waals surface area contributed by atoms with E-state index in [0.717, 1.165) is 17.7 Å². The van der Waals surface area contributed by atoms with Crippen molar-refractivity contribution >= 4 is 5.69 Å². The number of halogens is 3. The van der Waals surface area contributed by atoms with Gasteiger partial charge in [-0.15, -0.1) is 0 Å². The Morgan fingerprint density at radius 3 is 2.21 bits per heavy atom. The summed E-state index contributed by atoms with van der Waals surface area (Å²) in [6.45, 7) is 3.52. The highest BCUT2D eigenvalue weighted by atomic mass is 19.4. The molecule has 0 aromatic heterocycles. The summed E-state index contributed by atoms with van der Waals surface area (Å²) < 4.78 is 48.1. The van der Waals surface area contributed by atoms with Crippen molar-refractivity contribution in [2.24, 2.45) is 0 Å². The summed E-state index contributed by atoms with van der Waals surface area (Å²) in [6, 6.07) is 3.31. The first-order valence-electron chi connectivity index (χ1n) is 5.79. The molecule has 0 aliphatic carbocycles. The fourth-order valence-corrected chi connectivity index (χ4v) is 1.77. The van der Waals surface area contributed by atoms with E-state index in [1.54, 1.807) is 13.8 Å². The summed E-state index contributed by atoms with van der Waals surface area (Å²) in [5, 5.41) is 2.97. The van der Waals surface area contributed by atoms with Crippen LogP contribution >= 0.6 is 0 Å². The maximum Gasteiger partial charge on any atom is 0.416 e. The molecule has 0 saturated carbocycles. The Hall–Kier alpha value is -1.27. The maximum absolute atomic E-state index is 12.7. The monoisotopic (exact) mass is 277 g/mol. The minimum Gasteiger partial charge on any atom is -0.377 e. The highest BCUT2D eigenvalue weighted by molar-refractivity contribution is 5.53. The van der Waals surface area contributed by atoms with Gasteiger partial charge in [-0.1, -0.05) is 6.07 Å². The lowest BCUT2D eigenvalue weighted by atomic mass is 10.1. The first kappa shape index (κ1) is 15.8. The summed E-state index contributed by atoms with van der Waals surface area (Å²) in [7, 11) is 2.96. The second-order valence-corrected chi connectivity index (χ2v) is 4.30. The zero-order valence-electron chi connectivity index (χ0n) is 11.3. The number of hydrogen-bond donors (Lipinski definition) is 1. The number of ether oxygens (including phenoxy) is 2. The first-order chi connectivity index (χ1) is 8.79. The molecule has 0 radical (unpaired) electrons. The number of methoxy groups -OCH3 is 2. The van der Waals surface area contributed by atoms with Gasteiger partial charge in [0.1, 0.15) is 0 Å². The van der Waals surface area contributed by atoms with Crippen molar-refractivity contribution in [1.82, 2.24) is 0 Å². The standard InChI is InChI=1S/C13H18F3NO2/c1-8-5-6-10(13(14,15)16)7-11(8)17-9(2)12(18-3)19-4/h5-7,9,12,17H,1-4H3. The van der Waals surface area contributed by atoms with Crippen LogP contribution in [0.15, 0.2) is 18.2 Å². The molecule has 1 rings (SSSR count). The van der Waals surface area contributed by atoms with Gasteiger partial charge in [0.2, 0.25) is 0 Å². The zero-order valence-corrected chi connectivity index (χ0v) is 11.3. The van der Waals surface area contributed by atoms with Crippen LogP contribution in [-0.4, -0.2) is 26.6 Å². The molecular weight excluding hydrogens is 259 g/mol. The highest BCUT2D eigenvalue weighted by Crippen LogP contribution is 2.32. The van der Waals surface area contributed by atoms with Crippen LogP contribution in [0.3, 0.4) is 0 Å². The molecule has 6 heteroatoms. The van der Waals surface area contributed by atoms with Crippen molar-refractivity contribution in [3.8, 4) is 0 Å². The topological polar surface area (TPSA) is 30.5 Å². The molecule has 1 unspecified atom stereocenters. The van der Waals surface area contributed by atoms with Gasteiger partial charge in [0.25, 0.3) is 0 Å². The fourth-order valence-electron chi connectivity index (χ4n) is 1.77. The number of benzene rings is 1. The number of rotatable bonds is 5. The molecule has 0 fully saturated rings. The van der Waals surface area contributed by atoms with Gasteiger partial charge in [-0.25, -0.2) is 0 Å². The van der Waals surface area contributed by atoms with E-state index >= 15 is 0 Å². The molecule has 0 aliphatic heterocycles. The number of aryl methyl sites for hydroxylation is 1. The lowest BCUT2D eigenvalue weighted by Gasteiger charge is -2.24. The van der Waals surface area contributed by atoms with Gasteiger partial charge in [-0.3, -0.25) is 0 Å². The molecule has 108 valence electrons. The lowest BCUT2D eigenvalue weighted by Crippen LogP contribution is -2.34. The van der Waals surface area contributed by atoms with Crippen molar-refractivity contribution in [2.45, 2.75) is 32.4 Å². The Morgan fingerprint density at radius 2 is 1.74 bits per heavy atom. The molecule has 0 aliphatic rings. The van der Waals surface area contributed by atoms with Gasteiger partial charge in [-0.05, 0) is 31.5 Å². The van der Waals surface area contributed by atoms with Gasteiger partial charge in [-0.2, -0.15) is 13.2 Å². The van der Waals surface area contributed by atoms with Gasteiger partial charge in [0.15, 0.2) is 6.29 Å². The molecular formula is C13H18F3NO2. The SMILES string of the molecule is COC(OC)C(C)Nc1cc(C(F)(F)F)ccc1C. The van der Waals surface area contributed by atoms with E-state index in [0.29, 0.717) is 5.69 Å². The Balaban J connectivity index is 2.94. The predicted molar refractivity (Wildman–Crippen MR) is 67.1 cm³/mol. The largest absolute Gasteiger partial charge is 0.416 e. The van der Waals surface area contributed by atoms with Crippen LogP contribution < -0.4 is 5.32 Å². The Bertz CT molecular complexity index is 417. The summed E-state index contributed by atoms with van der Waals surface area (Å²) in [5.41, 5.74) is 0.464. The van der Waals surface area contributed by atoms with Crippen molar-refractivity contribution in [3.05, 3.63) is 29.3 Å². The molecule has 19 heavy (non-hydrogen) atoms. The van der Waals surface area contributed by atoms with Gasteiger partial charge >= 0.3 is 6.18 Å². The van der Waals surface area contributed by atoms with Crippen LogP contribution in [0, 0.1) is 6.92 Å². The number of hydrogen-bond acceptors (Lipinski definition) is 3. The Morgan fingerprint density at radius 1 is 1.16 bits per heavy atom. The summed E-state index contributed by atoms with van der Waals surface area (Å²) in [6.07, 6.45) is -4.89. The Labute approximate surface area is 110 Å². The molecule has 0 bridgehead atoms. The average molecular weight is 277 g/mol. The molecule has 0 saturated heterocycles. The van der Waals surface area contributed by atoms with Crippen LogP contribution in [0.2, 0.25) is 0 Å². The molecule has 1 N–H and O–H groups in total. The minimum absolute atomic E-state index is 0.280. The van der Waals surface area contributed by atoms with Crippen LogP contribution in [0.25, 0.3) is 0 Å². The van der Waals surface area contributed by atoms with E-state index in [9.17, 15) is 13.2 Å². The molecule has 1 aromatic carbocycles. The van der Waals surface area contributed by atoms with E-state index in [-0.39, 0.29) is 6.04 Å². The Kier molecular flexibility index (Phi) is 5.20. The smallest absolute Gasteiger partial charge is 0.377 e. The third-order valence-electron chi connectivity index (χ3n) is 2.82. The normalized spacial score (nSPS) is 13.7. The van der Waals surface area contributed by atoms with E-state index in [1.807, 2.05) is 0 Å². The van der Waals surface area contributed by atoms with Gasteiger partial charge in [0.05, 0.1) is 11.6 Å². The van der Waals surface area contributed by atoms with Crippen LogP contribution in [0.5, 0.6) is 0 Å². The van der Waals surface area contributed by atoms with Crippen molar-refractivity contribution in [3.63, 3.8) is 0 Å². The van der Waals surface area contributed by atoms with Gasteiger partial charge in [0, 0.05) is 19.9 Å². The second-order valence-electron chi connectivity index (χ2n) is 4.30. The van der Waals surface area contributed by atoms with E-state index in [2.05, 4.69) is 5.32 Å². The van der Waals surface area contributed by atoms with Crippen molar-refractivity contribution < 1.29 is 22.6 Å². The minimum atomic E-state index is -4.35. The maximum atomic E-state index is 12.7. The number of nitrogens with one attached hydrogen (secondary N) is 1. The van der Waals surface area contributed by atoms with E-state index in [4.69, 9.17) is 9.47 Å². The predicted octanol–water partition coefficient (Wildman–Crippen LogP) is 3.43. The van der Waals surface area contributed by atoms with Crippen LogP contribution in [-0.2, 0) is 15.7 Å². The molecule has 0 amide bonds. The van der Waals surface area contributed by atoms with Crippen molar-refractivity contribution in [1.29, 1.82) is 0 Å². The molecule has 3 nitrogen and oxygen atoms in total. The zero-order chi connectivity index (χ0) is 14.6. The summed E-state index contributed by atoms with van der Waals surface area (Å²) in [5.74, 6) is 0. The molecule has 1 atom stereocenters. The molecule has 0 heterocycles. The number of anilines is 1. The lowest BCUT2D eigenvalue weighted by molar-refractivity contribution is -0.137. The molecule has 1 aromatic rings. The summed E-state index contributed by atoms with van der Waals surface area (Å²) >= 11 is 0. The third kappa shape index (κ3) is 4.11.